The van der Waals surface area contributed by atoms with E-state index >= 15 is 0 Å². The lowest BCUT2D eigenvalue weighted by Gasteiger charge is -2.13. The standard InChI is InChI=1S/C23H23ClN2O3/c24-20-8-2-6-18(13-20)22(27)15-25-10-11-26-21-9-3-5-17(14-21)16-4-1-7-19(12-16)23(28)29/h1-9,12-14,22,25-27H,10-11,15H2,(H,28,29)/t22-/m0/s1/i2D,3D,5D,6D,8D,9D,11D2,13D,14D. The minimum Gasteiger partial charge on any atom is -0.478 e. The van der Waals surface area contributed by atoms with Gasteiger partial charge < -0.3 is 20.8 Å². The highest BCUT2D eigenvalue weighted by Crippen LogP contribution is 2.23. The van der Waals surface area contributed by atoms with Crippen LogP contribution in [0.1, 0.15) is 35.7 Å². The fourth-order valence-electron chi connectivity index (χ4n) is 2.37. The molecule has 0 amide bonds. The Bertz CT molecular complexity index is 1430. The molecule has 3 rings (SSSR count). The number of benzene rings is 3. The molecule has 0 aliphatic carbocycles. The molecule has 1 atom stereocenters. The van der Waals surface area contributed by atoms with E-state index in [2.05, 4.69) is 10.6 Å². The molecular weight excluding hydrogens is 388 g/mol. The largest absolute Gasteiger partial charge is 0.478 e. The van der Waals surface area contributed by atoms with Gasteiger partial charge in [0, 0.05) is 30.3 Å². The van der Waals surface area contributed by atoms with Crippen LogP contribution >= 0.6 is 11.6 Å². The SMILES string of the molecule is [2H]c1c([2H])c(NC([2H])([2H])CNC[C@H](O)c2c([2H])c([2H])c([2H])c(Cl)c2[2H])c([2H])c(-c2cccc(C(=O)O)c2)c1[2H]. The first kappa shape index (κ1) is 11.4. The van der Waals surface area contributed by atoms with Crippen molar-refractivity contribution in [2.45, 2.75) is 6.10 Å². The van der Waals surface area contributed by atoms with Crippen LogP contribution in [-0.4, -0.2) is 35.8 Å². The summed E-state index contributed by atoms with van der Waals surface area (Å²) in [4.78, 5) is 11.4. The number of aliphatic hydroxyl groups excluding tert-OH is 1. The van der Waals surface area contributed by atoms with Gasteiger partial charge in [-0.1, -0.05) is 47.9 Å². The highest BCUT2D eigenvalue weighted by Gasteiger charge is 2.07. The molecule has 6 heteroatoms. The normalized spacial score (nSPS) is 17.2. The molecule has 0 saturated heterocycles. The van der Waals surface area contributed by atoms with Crippen LogP contribution in [0.15, 0.2) is 72.6 Å². The van der Waals surface area contributed by atoms with Gasteiger partial charge in [-0.25, -0.2) is 4.79 Å². The number of hydrogen-bond acceptors (Lipinski definition) is 4. The van der Waals surface area contributed by atoms with Gasteiger partial charge in [0.25, 0.3) is 0 Å². The van der Waals surface area contributed by atoms with Crippen molar-refractivity contribution < 1.29 is 28.7 Å². The monoisotopic (exact) mass is 420 g/mol. The molecular formula is C23H23ClN2O3. The second-order valence-electron chi connectivity index (χ2n) is 5.81. The zero-order valence-electron chi connectivity index (χ0n) is 25.0. The Morgan fingerprint density at radius 1 is 1.17 bits per heavy atom. The van der Waals surface area contributed by atoms with Gasteiger partial charge in [0.05, 0.1) is 25.4 Å². The molecule has 29 heavy (non-hydrogen) atoms. The number of aromatic carboxylic acids is 1. The summed E-state index contributed by atoms with van der Waals surface area (Å²) >= 11 is 5.86. The first-order valence-corrected chi connectivity index (χ1v) is 8.83. The summed E-state index contributed by atoms with van der Waals surface area (Å²) in [5.41, 5.74) is -0.859. The quantitative estimate of drug-likeness (QED) is 0.411. The lowest BCUT2D eigenvalue weighted by molar-refractivity contribution is 0.0697. The van der Waals surface area contributed by atoms with E-state index in [-0.39, 0.29) is 28.8 Å². The summed E-state index contributed by atoms with van der Waals surface area (Å²) < 4.78 is 81.0. The minimum absolute atomic E-state index is 0.122. The molecule has 3 aromatic rings. The summed E-state index contributed by atoms with van der Waals surface area (Å²) in [7, 11) is 0. The molecule has 0 radical (unpaired) electrons. The maximum atomic E-state index is 11.4. The van der Waals surface area contributed by atoms with E-state index in [1.54, 1.807) is 0 Å². The van der Waals surface area contributed by atoms with Crippen LogP contribution in [0, 0.1) is 0 Å². The molecule has 150 valence electrons. The highest BCUT2D eigenvalue weighted by atomic mass is 35.5. The fraction of sp³-hybridized carbons (Fsp3) is 0.174. The number of rotatable bonds is 9. The van der Waals surface area contributed by atoms with E-state index in [1.807, 2.05) is 0 Å². The van der Waals surface area contributed by atoms with Crippen molar-refractivity contribution in [1.29, 1.82) is 0 Å². The van der Waals surface area contributed by atoms with Crippen molar-refractivity contribution >= 4 is 23.3 Å². The van der Waals surface area contributed by atoms with E-state index in [0.717, 1.165) is 0 Å². The van der Waals surface area contributed by atoms with E-state index < -0.39 is 84.2 Å². The van der Waals surface area contributed by atoms with Gasteiger partial charge in [0.1, 0.15) is 0 Å². The fourth-order valence-corrected chi connectivity index (χ4v) is 2.51. The van der Waals surface area contributed by atoms with Gasteiger partial charge >= 0.3 is 5.97 Å². The van der Waals surface area contributed by atoms with Crippen LogP contribution in [0.25, 0.3) is 11.1 Å². The predicted molar refractivity (Wildman–Crippen MR) is 117 cm³/mol. The summed E-state index contributed by atoms with van der Waals surface area (Å²) in [5, 5.41) is 24.3. The van der Waals surface area contributed by atoms with Gasteiger partial charge in [-0.05, 0) is 53.0 Å². The Morgan fingerprint density at radius 3 is 2.83 bits per heavy atom. The van der Waals surface area contributed by atoms with Crippen LogP contribution < -0.4 is 10.6 Å². The Morgan fingerprint density at radius 2 is 2.00 bits per heavy atom. The maximum absolute atomic E-state index is 11.4. The van der Waals surface area contributed by atoms with Crippen molar-refractivity contribution in [3.8, 4) is 11.1 Å². The Balaban J connectivity index is 1.85. The topological polar surface area (TPSA) is 81.6 Å². The van der Waals surface area contributed by atoms with Gasteiger partial charge in [-0.2, -0.15) is 0 Å². The van der Waals surface area contributed by atoms with Gasteiger partial charge in [0.15, 0.2) is 0 Å². The second-order valence-corrected chi connectivity index (χ2v) is 6.19. The molecule has 0 fully saturated rings. The number of carbonyl (C=O) groups is 1. The average molecular weight is 421 g/mol. The van der Waals surface area contributed by atoms with Crippen LogP contribution in [0.5, 0.6) is 0 Å². The summed E-state index contributed by atoms with van der Waals surface area (Å²) in [6.07, 6.45) is -1.54. The zero-order chi connectivity index (χ0) is 29.4. The first-order valence-electron chi connectivity index (χ1n) is 13.5. The Labute approximate surface area is 189 Å². The number of nitrogens with one attached hydrogen (secondary N) is 2. The summed E-state index contributed by atoms with van der Waals surface area (Å²) in [6.45, 7) is -3.28. The van der Waals surface area contributed by atoms with Gasteiger partial charge in [-0.15, -0.1) is 0 Å². The smallest absolute Gasteiger partial charge is 0.335 e. The molecule has 0 heterocycles. The lowest BCUT2D eigenvalue weighted by atomic mass is 10.0. The Kier molecular flexibility index (Phi) is 3.94. The van der Waals surface area contributed by atoms with Crippen LogP contribution in [0.3, 0.4) is 0 Å². The Hall–Kier alpha value is -2.86. The lowest BCUT2D eigenvalue weighted by Crippen LogP contribution is -2.26. The van der Waals surface area contributed by atoms with Crippen molar-refractivity contribution in [3.63, 3.8) is 0 Å². The maximum Gasteiger partial charge on any atom is 0.335 e. The molecule has 0 saturated carbocycles. The number of aliphatic hydroxyl groups is 1. The third-order valence-corrected chi connectivity index (χ3v) is 3.92. The van der Waals surface area contributed by atoms with Crippen LogP contribution in [0.4, 0.5) is 5.69 Å². The van der Waals surface area contributed by atoms with Crippen LogP contribution in [0.2, 0.25) is 5.02 Å². The number of anilines is 1. The predicted octanol–water partition coefficient (Wildman–Crippen LogP) is 4.44. The molecule has 3 aromatic carbocycles. The molecule has 0 bridgehead atoms. The first-order chi connectivity index (χ1) is 18.1. The van der Waals surface area contributed by atoms with E-state index in [9.17, 15) is 15.0 Å². The van der Waals surface area contributed by atoms with Crippen molar-refractivity contribution in [2.24, 2.45) is 0 Å². The van der Waals surface area contributed by atoms with Gasteiger partial charge in [0.2, 0.25) is 0 Å². The molecule has 0 unspecified atom stereocenters. The third-order valence-electron chi connectivity index (χ3n) is 3.73. The highest BCUT2D eigenvalue weighted by molar-refractivity contribution is 6.30. The molecule has 0 aliphatic heterocycles. The molecule has 5 nitrogen and oxygen atoms in total. The number of carboxylic acids is 1. The second kappa shape index (κ2) is 10.1. The molecule has 0 spiro atoms. The summed E-state index contributed by atoms with van der Waals surface area (Å²) in [6, 6.07) is 1.02. The van der Waals surface area contributed by atoms with Crippen molar-refractivity contribution in [2.75, 3.05) is 24.9 Å². The number of halogens is 1. The number of carboxylic acid groups (broad SMARTS) is 1. The van der Waals surface area contributed by atoms with E-state index in [4.69, 9.17) is 25.3 Å². The molecule has 0 aliphatic rings. The summed E-state index contributed by atoms with van der Waals surface area (Å²) in [5.74, 6) is -1.24. The van der Waals surface area contributed by atoms with Crippen LogP contribution in [-0.2, 0) is 0 Å². The molecule has 4 N–H and O–H groups in total. The van der Waals surface area contributed by atoms with E-state index in [0.29, 0.717) is 0 Å². The third kappa shape index (κ3) is 6.06. The molecule has 0 aromatic heterocycles. The van der Waals surface area contributed by atoms with Crippen molar-refractivity contribution in [1.82, 2.24) is 5.32 Å². The van der Waals surface area contributed by atoms with Gasteiger partial charge in [-0.3, -0.25) is 0 Å². The average Bonchev–Trinajstić information content (AvgIpc) is 2.88. The zero-order valence-corrected chi connectivity index (χ0v) is 15.7. The van der Waals surface area contributed by atoms with E-state index in [1.165, 1.54) is 24.3 Å². The minimum atomic E-state index is -2.38. The number of hydrogen-bond donors (Lipinski definition) is 4. The van der Waals surface area contributed by atoms with Crippen molar-refractivity contribution in [3.05, 3.63) is 88.8 Å².